The molecule has 3 N–H and O–H groups in total. The molecule has 9 nitrogen and oxygen atoms in total. The number of aromatic amines is 1. The van der Waals surface area contributed by atoms with Crippen molar-refractivity contribution in [2.75, 3.05) is 26.3 Å². The highest BCUT2D eigenvalue weighted by Gasteiger charge is 2.29. The molecule has 0 spiro atoms. The number of morpholine rings is 1. The first-order chi connectivity index (χ1) is 14.9. The van der Waals surface area contributed by atoms with E-state index in [1.54, 1.807) is 21.7 Å². The molecule has 1 saturated heterocycles. The molecular weight excluding hydrogens is 398 g/mol. The first-order valence-corrected chi connectivity index (χ1v) is 10.3. The van der Waals surface area contributed by atoms with Crippen molar-refractivity contribution in [3.05, 3.63) is 68.4 Å². The van der Waals surface area contributed by atoms with Crippen LogP contribution in [0.5, 0.6) is 0 Å². The first-order valence-electron chi connectivity index (χ1n) is 10.3. The van der Waals surface area contributed by atoms with Crippen LogP contribution in [0.3, 0.4) is 0 Å². The Morgan fingerprint density at radius 1 is 1.32 bits per heavy atom. The van der Waals surface area contributed by atoms with Crippen molar-refractivity contribution < 1.29 is 14.6 Å². The molecule has 3 aromatic heterocycles. The van der Waals surface area contributed by atoms with Crippen molar-refractivity contribution in [1.29, 1.82) is 0 Å². The zero-order valence-electron chi connectivity index (χ0n) is 17.9. The molecule has 1 aliphatic heterocycles. The second-order valence-corrected chi connectivity index (χ2v) is 7.84. The van der Waals surface area contributed by atoms with Crippen LogP contribution in [-0.4, -0.2) is 56.8 Å². The summed E-state index contributed by atoms with van der Waals surface area (Å²) in [5.74, 6) is -0.140. The Hall–Kier alpha value is -3.01. The van der Waals surface area contributed by atoms with Crippen molar-refractivity contribution in [1.82, 2.24) is 24.8 Å². The van der Waals surface area contributed by atoms with Gasteiger partial charge in [-0.25, -0.2) is 4.52 Å². The van der Waals surface area contributed by atoms with E-state index in [0.717, 1.165) is 11.3 Å². The summed E-state index contributed by atoms with van der Waals surface area (Å²) in [5.41, 5.74) is 4.33. The Morgan fingerprint density at radius 3 is 2.77 bits per heavy atom. The predicted octanol–water partition coefficient (Wildman–Crippen LogP) is 1.20. The normalized spacial score (nSPS) is 15.4. The molecule has 1 aliphatic rings. The fourth-order valence-corrected chi connectivity index (χ4v) is 4.15. The molecule has 1 atom stereocenters. The minimum atomic E-state index is -1.08. The number of aryl methyl sites for hydroxylation is 2. The summed E-state index contributed by atoms with van der Waals surface area (Å²) in [7, 11) is 0. The molecule has 0 aromatic carbocycles. The highest BCUT2D eigenvalue weighted by Crippen LogP contribution is 2.28. The Bertz CT molecular complexity index is 1180. The molecule has 0 radical (unpaired) electrons. The monoisotopic (exact) mass is 425 g/mol. The van der Waals surface area contributed by atoms with Crippen LogP contribution in [0, 0.1) is 20.8 Å². The summed E-state index contributed by atoms with van der Waals surface area (Å²) < 4.78 is 6.93. The van der Waals surface area contributed by atoms with Crippen LogP contribution in [0.2, 0.25) is 0 Å². The maximum Gasteiger partial charge on any atom is 0.272 e. The van der Waals surface area contributed by atoms with Crippen molar-refractivity contribution in [2.24, 2.45) is 0 Å². The lowest BCUT2D eigenvalue weighted by molar-refractivity contribution is 0.0297. The van der Waals surface area contributed by atoms with Crippen molar-refractivity contribution in [2.45, 2.75) is 33.5 Å². The van der Waals surface area contributed by atoms with Gasteiger partial charge in [-0.2, -0.15) is 5.10 Å². The van der Waals surface area contributed by atoms with Crippen LogP contribution in [0.25, 0.3) is 5.52 Å². The maximum atomic E-state index is 13.2. The van der Waals surface area contributed by atoms with E-state index in [9.17, 15) is 14.7 Å². The van der Waals surface area contributed by atoms with E-state index >= 15 is 0 Å². The number of ether oxygens (including phenoxy) is 1. The van der Waals surface area contributed by atoms with Crippen LogP contribution in [-0.2, 0) is 11.3 Å². The maximum absolute atomic E-state index is 13.2. The SMILES string of the molecule is Cc1cc(C)c(CNC(O)c2c(C)c(C(=O)N3CCOCC3)n3ncccc23)c(=O)[nH]1. The van der Waals surface area contributed by atoms with Gasteiger partial charge in [0.2, 0.25) is 0 Å². The zero-order valence-corrected chi connectivity index (χ0v) is 17.9. The number of amides is 1. The Labute approximate surface area is 179 Å². The van der Waals surface area contributed by atoms with E-state index in [2.05, 4.69) is 15.4 Å². The van der Waals surface area contributed by atoms with Crippen molar-refractivity contribution in [3.8, 4) is 0 Å². The summed E-state index contributed by atoms with van der Waals surface area (Å²) >= 11 is 0. The number of nitrogens with zero attached hydrogens (tertiary/aromatic N) is 3. The molecule has 0 saturated carbocycles. The molecule has 0 aliphatic carbocycles. The number of nitrogens with one attached hydrogen (secondary N) is 2. The largest absolute Gasteiger partial charge is 0.378 e. The average Bonchev–Trinajstić information content (AvgIpc) is 3.04. The fourth-order valence-electron chi connectivity index (χ4n) is 4.15. The summed E-state index contributed by atoms with van der Waals surface area (Å²) in [6.07, 6.45) is 0.534. The molecule has 1 fully saturated rings. The van der Waals surface area contributed by atoms with Gasteiger partial charge < -0.3 is 19.7 Å². The number of hydrogen-bond acceptors (Lipinski definition) is 6. The number of carbonyl (C=O) groups is 1. The molecule has 3 aromatic rings. The highest BCUT2D eigenvalue weighted by molar-refractivity contribution is 5.96. The lowest BCUT2D eigenvalue weighted by Crippen LogP contribution is -2.41. The predicted molar refractivity (Wildman–Crippen MR) is 115 cm³/mol. The smallest absolute Gasteiger partial charge is 0.272 e. The molecule has 31 heavy (non-hydrogen) atoms. The summed E-state index contributed by atoms with van der Waals surface area (Å²) in [5, 5.41) is 18.4. The molecule has 164 valence electrons. The summed E-state index contributed by atoms with van der Waals surface area (Å²) in [4.78, 5) is 30.1. The Balaban J connectivity index is 1.67. The highest BCUT2D eigenvalue weighted by atomic mass is 16.5. The molecule has 9 heteroatoms. The van der Waals surface area contributed by atoms with Gasteiger partial charge in [-0.3, -0.25) is 14.9 Å². The minimum absolute atomic E-state index is 0.140. The van der Waals surface area contributed by atoms with Crippen LogP contribution in [0.15, 0.2) is 29.2 Å². The quantitative estimate of drug-likeness (QED) is 0.530. The number of carbonyl (C=O) groups excluding carboxylic acids is 1. The Kier molecular flexibility index (Phi) is 5.90. The number of pyridine rings is 1. The van der Waals surface area contributed by atoms with Gasteiger partial charge in [-0.15, -0.1) is 0 Å². The number of fused-ring (bicyclic) bond motifs is 1. The second kappa shape index (κ2) is 8.62. The molecule has 0 bridgehead atoms. The summed E-state index contributed by atoms with van der Waals surface area (Å²) in [6.45, 7) is 7.74. The van der Waals surface area contributed by atoms with Gasteiger partial charge in [0.15, 0.2) is 0 Å². The lowest BCUT2D eigenvalue weighted by atomic mass is 10.1. The van der Waals surface area contributed by atoms with Gasteiger partial charge >= 0.3 is 0 Å². The van der Waals surface area contributed by atoms with Gasteiger partial charge in [0.05, 0.1) is 18.7 Å². The van der Waals surface area contributed by atoms with Gasteiger partial charge in [0.1, 0.15) is 11.9 Å². The second-order valence-electron chi connectivity index (χ2n) is 7.84. The topological polar surface area (TPSA) is 112 Å². The Morgan fingerprint density at radius 2 is 2.06 bits per heavy atom. The van der Waals surface area contributed by atoms with Crippen LogP contribution < -0.4 is 10.9 Å². The van der Waals surface area contributed by atoms with Gasteiger partial charge in [0.25, 0.3) is 11.5 Å². The molecule has 4 heterocycles. The number of aromatic nitrogens is 3. The van der Waals surface area contributed by atoms with Crippen molar-refractivity contribution >= 4 is 11.4 Å². The third-order valence-corrected chi connectivity index (χ3v) is 5.74. The number of aliphatic hydroxyl groups is 1. The average molecular weight is 425 g/mol. The van der Waals surface area contributed by atoms with Gasteiger partial charge in [-0.1, -0.05) is 0 Å². The number of hydrogen-bond donors (Lipinski definition) is 3. The van der Waals surface area contributed by atoms with Crippen LogP contribution in [0.4, 0.5) is 0 Å². The number of rotatable bonds is 5. The molecule has 4 rings (SSSR count). The standard InChI is InChI=1S/C22H27N5O4/c1-13-11-14(2)25-20(28)16(13)12-23-21(29)18-15(3)19(27-17(18)5-4-6-24-27)22(30)26-7-9-31-10-8-26/h4-6,11,21,23,29H,7-10,12H2,1-3H3,(H,25,28). The molecular formula is C22H27N5O4. The van der Waals surface area contributed by atoms with E-state index < -0.39 is 6.23 Å². The van der Waals surface area contributed by atoms with E-state index in [0.29, 0.717) is 54.2 Å². The number of H-pyrrole nitrogens is 1. The van der Waals surface area contributed by atoms with Crippen molar-refractivity contribution in [3.63, 3.8) is 0 Å². The van der Waals surface area contributed by atoms with E-state index in [1.165, 1.54) is 0 Å². The number of aliphatic hydroxyl groups excluding tert-OH is 1. The fraction of sp³-hybridized carbons (Fsp3) is 0.409. The third kappa shape index (κ3) is 3.99. The van der Waals surface area contributed by atoms with Crippen LogP contribution >= 0.6 is 0 Å². The summed E-state index contributed by atoms with van der Waals surface area (Å²) in [6, 6.07) is 5.48. The van der Waals surface area contributed by atoms with Crippen LogP contribution in [0.1, 0.15) is 44.7 Å². The first kappa shape index (κ1) is 21.2. The van der Waals surface area contributed by atoms with E-state index in [1.807, 2.05) is 32.9 Å². The van der Waals surface area contributed by atoms with E-state index in [4.69, 9.17) is 4.74 Å². The molecule has 1 amide bonds. The third-order valence-electron chi connectivity index (χ3n) is 5.74. The van der Waals surface area contributed by atoms with Gasteiger partial charge in [-0.05, 0) is 50.1 Å². The van der Waals surface area contributed by atoms with E-state index in [-0.39, 0.29) is 18.0 Å². The minimum Gasteiger partial charge on any atom is -0.378 e. The van der Waals surface area contributed by atoms with Gasteiger partial charge in [0, 0.05) is 42.7 Å². The zero-order chi connectivity index (χ0) is 22.1. The lowest BCUT2D eigenvalue weighted by Gasteiger charge is -2.26. The molecule has 1 unspecified atom stereocenters.